The number of likely N-dealkylation sites (tertiary alicyclic amines) is 1. The SMILES string of the molecule is O=C(Cc1ccccc1F)N1CCC2(CC1)N(c1ccccc1)C(=O)CS2=O. The molecule has 1 atom stereocenters. The molecule has 2 fully saturated rings. The van der Waals surface area contributed by atoms with Crippen LogP contribution in [0.3, 0.4) is 0 Å². The van der Waals surface area contributed by atoms with Gasteiger partial charge in [0.25, 0.3) is 0 Å². The highest BCUT2D eigenvalue weighted by atomic mass is 32.2. The van der Waals surface area contributed by atoms with Crippen LogP contribution in [0.5, 0.6) is 0 Å². The number of hydrogen-bond acceptors (Lipinski definition) is 3. The quantitative estimate of drug-likeness (QED) is 0.795. The molecular formula is C21H21FN2O3S. The van der Waals surface area contributed by atoms with Crippen LogP contribution in [0.15, 0.2) is 54.6 Å². The number of rotatable bonds is 3. The second-order valence-electron chi connectivity index (χ2n) is 7.15. The van der Waals surface area contributed by atoms with E-state index in [-0.39, 0.29) is 29.8 Å². The first-order chi connectivity index (χ1) is 13.5. The highest BCUT2D eigenvalue weighted by Gasteiger charge is 2.53. The monoisotopic (exact) mass is 400 g/mol. The van der Waals surface area contributed by atoms with Crippen molar-refractivity contribution in [2.24, 2.45) is 0 Å². The van der Waals surface area contributed by atoms with Crippen LogP contribution in [0.4, 0.5) is 10.1 Å². The van der Waals surface area contributed by atoms with Crippen molar-refractivity contribution in [1.82, 2.24) is 4.90 Å². The van der Waals surface area contributed by atoms with Crippen molar-refractivity contribution in [3.8, 4) is 0 Å². The second kappa shape index (κ2) is 7.47. The standard InChI is InChI=1S/C21H21FN2O3S/c22-18-9-5-4-6-16(18)14-19(25)23-12-10-21(11-13-23)24(20(26)15-28(21)27)17-7-2-1-3-8-17/h1-9H,10-15H2. The first-order valence-electron chi connectivity index (χ1n) is 9.29. The van der Waals surface area contributed by atoms with E-state index in [1.165, 1.54) is 6.07 Å². The van der Waals surface area contributed by atoms with Crippen molar-refractivity contribution in [2.75, 3.05) is 23.7 Å². The van der Waals surface area contributed by atoms with Crippen molar-refractivity contribution in [3.63, 3.8) is 0 Å². The van der Waals surface area contributed by atoms with Gasteiger partial charge in [0, 0.05) is 31.6 Å². The smallest absolute Gasteiger partial charge is 0.240 e. The average molecular weight is 400 g/mol. The van der Waals surface area contributed by atoms with Crippen LogP contribution < -0.4 is 4.90 Å². The third-order valence-electron chi connectivity index (χ3n) is 5.55. The molecule has 2 aromatic rings. The summed E-state index contributed by atoms with van der Waals surface area (Å²) >= 11 is 0. The molecule has 0 saturated carbocycles. The molecule has 0 N–H and O–H groups in total. The van der Waals surface area contributed by atoms with E-state index in [0.29, 0.717) is 31.5 Å². The summed E-state index contributed by atoms with van der Waals surface area (Å²) in [6.45, 7) is 0.797. The molecule has 0 aliphatic carbocycles. The Bertz CT molecular complexity index is 926. The first kappa shape index (κ1) is 18.8. The Balaban J connectivity index is 1.50. The summed E-state index contributed by atoms with van der Waals surface area (Å²) in [7, 11) is -1.32. The minimum atomic E-state index is -1.32. The molecule has 2 heterocycles. The molecule has 5 nitrogen and oxygen atoms in total. The van der Waals surface area contributed by atoms with Crippen molar-refractivity contribution < 1.29 is 18.2 Å². The van der Waals surface area contributed by atoms with E-state index in [9.17, 15) is 18.2 Å². The maximum absolute atomic E-state index is 13.8. The summed E-state index contributed by atoms with van der Waals surface area (Å²) in [4.78, 5) is 27.8. The lowest BCUT2D eigenvalue weighted by Gasteiger charge is -2.43. The minimum absolute atomic E-state index is 0.00406. The molecule has 2 aliphatic rings. The molecule has 28 heavy (non-hydrogen) atoms. The molecule has 2 aromatic carbocycles. The predicted molar refractivity (Wildman–Crippen MR) is 106 cm³/mol. The average Bonchev–Trinajstić information content (AvgIpc) is 2.94. The zero-order valence-corrected chi connectivity index (χ0v) is 16.2. The molecule has 2 saturated heterocycles. The number of nitrogens with zero attached hydrogens (tertiary/aromatic N) is 2. The van der Waals surface area contributed by atoms with Crippen LogP contribution in [0, 0.1) is 5.82 Å². The third kappa shape index (κ3) is 3.24. The zero-order valence-electron chi connectivity index (χ0n) is 15.3. The fourth-order valence-electron chi connectivity index (χ4n) is 4.07. The third-order valence-corrected chi connectivity index (χ3v) is 7.49. The van der Waals surface area contributed by atoms with Crippen LogP contribution in [0.2, 0.25) is 0 Å². The molecule has 4 rings (SSSR count). The fraction of sp³-hybridized carbons (Fsp3) is 0.333. The summed E-state index contributed by atoms with van der Waals surface area (Å²) < 4.78 is 26.7. The number of halogens is 1. The fourth-order valence-corrected chi connectivity index (χ4v) is 5.74. The van der Waals surface area contributed by atoms with Gasteiger partial charge in [0.15, 0.2) is 0 Å². The first-order valence-corrected chi connectivity index (χ1v) is 10.6. The lowest BCUT2D eigenvalue weighted by molar-refractivity contribution is -0.131. The van der Waals surface area contributed by atoms with Gasteiger partial charge in [0.1, 0.15) is 16.4 Å². The van der Waals surface area contributed by atoms with Gasteiger partial charge < -0.3 is 4.90 Å². The van der Waals surface area contributed by atoms with Gasteiger partial charge in [-0.25, -0.2) is 4.39 Å². The van der Waals surface area contributed by atoms with Crippen molar-refractivity contribution in [2.45, 2.75) is 24.1 Å². The highest BCUT2D eigenvalue weighted by Crippen LogP contribution is 2.40. The number of amides is 2. The maximum Gasteiger partial charge on any atom is 0.240 e. The largest absolute Gasteiger partial charge is 0.342 e. The van der Waals surface area contributed by atoms with Crippen molar-refractivity contribution in [1.29, 1.82) is 0 Å². The van der Waals surface area contributed by atoms with Crippen LogP contribution in [-0.4, -0.2) is 44.6 Å². The molecule has 146 valence electrons. The van der Waals surface area contributed by atoms with Gasteiger partial charge in [-0.1, -0.05) is 36.4 Å². The lowest BCUT2D eigenvalue weighted by atomic mass is 10.00. The van der Waals surface area contributed by atoms with Gasteiger partial charge in [-0.3, -0.25) is 18.7 Å². The Morgan fingerprint density at radius 1 is 1.04 bits per heavy atom. The topological polar surface area (TPSA) is 57.7 Å². The van der Waals surface area contributed by atoms with Crippen LogP contribution >= 0.6 is 0 Å². The van der Waals surface area contributed by atoms with Crippen LogP contribution in [-0.2, 0) is 26.8 Å². The number of anilines is 1. The number of piperidine rings is 1. The highest BCUT2D eigenvalue weighted by molar-refractivity contribution is 7.88. The molecule has 0 aromatic heterocycles. The number of hydrogen-bond donors (Lipinski definition) is 0. The number of para-hydroxylation sites is 1. The van der Waals surface area contributed by atoms with Gasteiger partial charge in [-0.15, -0.1) is 0 Å². The van der Waals surface area contributed by atoms with Gasteiger partial charge in [0.05, 0.1) is 17.2 Å². The molecule has 7 heteroatoms. The molecule has 1 unspecified atom stereocenters. The van der Waals surface area contributed by atoms with Gasteiger partial charge in [-0.05, 0) is 23.8 Å². The van der Waals surface area contributed by atoms with E-state index in [0.717, 1.165) is 5.69 Å². The summed E-state index contributed by atoms with van der Waals surface area (Å²) in [6, 6.07) is 15.5. The normalized spacial score (nSPS) is 21.3. The summed E-state index contributed by atoms with van der Waals surface area (Å²) in [5.74, 6) is -0.669. The summed E-state index contributed by atoms with van der Waals surface area (Å²) in [5.41, 5.74) is 1.11. The van der Waals surface area contributed by atoms with Crippen molar-refractivity contribution >= 4 is 28.3 Å². The van der Waals surface area contributed by atoms with Gasteiger partial charge in [0.2, 0.25) is 11.8 Å². The van der Waals surface area contributed by atoms with E-state index < -0.39 is 15.7 Å². The second-order valence-corrected chi connectivity index (χ2v) is 8.89. The zero-order chi connectivity index (χ0) is 19.7. The van der Waals surface area contributed by atoms with Crippen LogP contribution in [0.1, 0.15) is 18.4 Å². The Morgan fingerprint density at radius 3 is 2.36 bits per heavy atom. The van der Waals surface area contributed by atoms with Gasteiger partial charge in [-0.2, -0.15) is 0 Å². The lowest BCUT2D eigenvalue weighted by Crippen LogP contribution is -2.56. The molecule has 0 radical (unpaired) electrons. The van der Waals surface area contributed by atoms with E-state index in [1.54, 1.807) is 28.0 Å². The molecule has 0 bridgehead atoms. The van der Waals surface area contributed by atoms with Crippen LogP contribution in [0.25, 0.3) is 0 Å². The summed E-state index contributed by atoms with van der Waals surface area (Å²) in [5, 5.41) is 0. The number of carbonyl (C=O) groups is 2. The Labute approximate surface area is 165 Å². The van der Waals surface area contributed by atoms with E-state index >= 15 is 0 Å². The van der Waals surface area contributed by atoms with Gasteiger partial charge >= 0.3 is 0 Å². The van der Waals surface area contributed by atoms with E-state index in [2.05, 4.69) is 0 Å². The molecule has 2 aliphatic heterocycles. The molecule has 1 spiro atoms. The van der Waals surface area contributed by atoms with E-state index in [1.807, 2.05) is 30.3 Å². The minimum Gasteiger partial charge on any atom is -0.342 e. The Morgan fingerprint density at radius 2 is 1.68 bits per heavy atom. The Hall–Kier alpha value is -2.54. The van der Waals surface area contributed by atoms with E-state index in [4.69, 9.17) is 0 Å². The maximum atomic E-state index is 13.8. The predicted octanol–water partition coefficient (Wildman–Crippen LogP) is 2.48. The molecular weight excluding hydrogens is 379 g/mol. The van der Waals surface area contributed by atoms with Crippen molar-refractivity contribution in [3.05, 3.63) is 66.0 Å². The Kier molecular flexibility index (Phi) is 5.02. The summed E-state index contributed by atoms with van der Waals surface area (Å²) in [6.07, 6.45) is 0.899. The molecule has 2 amide bonds. The number of benzene rings is 2. The number of carbonyl (C=O) groups excluding carboxylic acids is 2.